The summed E-state index contributed by atoms with van der Waals surface area (Å²) in [6.45, 7) is 6.34. The summed E-state index contributed by atoms with van der Waals surface area (Å²) >= 11 is 0. The van der Waals surface area contributed by atoms with Gasteiger partial charge in [-0.05, 0) is 41.9 Å². The van der Waals surface area contributed by atoms with Gasteiger partial charge in [0.15, 0.2) is 0 Å². The molecule has 0 N–H and O–H groups in total. The maximum atomic E-state index is 4.04. The van der Waals surface area contributed by atoms with Crippen LogP contribution in [0.4, 0.5) is 0 Å². The van der Waals surface area contributed by atoms with Crippen LogP contribution in [0.15, 0.2) is 35.5 Å². The highest BCUT2D eigenvalue weighted by Gasteiger charge is 2.21. The highest BCUT2D eigenvalue weighted by atomic mass is 14.3. The van der Waals surface area contributed by atoms with E-state index in [-0.39, 0.29) is 0 Å². The minimum Gasteiger partial charge on any atom is -0.0915 e. The van der Waals surface area contributed by atoms with Crippen LogP contribution in [0.1, 0.15) is 32.6 Å². The maximum absolute atomic E-state index is 4.04. The molecule has 0 nitrogen and oxygen atoms in total. The van der Waals surface area contributed by atoms with Gasteiger partial charge in [0.05, 0.1) is 0 Å². The lowest BCUT2D eigenvalue weighted by molar-refractivity contribution is 0.450. The van der Waals surface area contributed by atoms with Crippen molar-refractivity contribution >= 4 is 0 Å². The first kappa shape index (κ1) is 7.85. The summed E-state index contributed by atoms with van der Waals surface area (Å²) in [5.74, 6) is 0.930. The maximum Gasteiger partial charge on any atom is -0.0247 e. The Morgan fingerprint density at radius 3 is 3.08 bits per heavy atom. The van der Waals surface area contributed by atoms with Gasteiger partial charge in [0.25, 0.3) is 0 Å². The molecular weight excluding hydrogens is 144 g/mol. The Labute approximate surface area is 74.7 Å². The summed E-state index contributed by atoms with van der Waals surface area (Å²) < 4.78 is 0. The van der Waals surface area contributed by atoms with Gasteiger partial charge in [-0.25, -0.2) is 0 Å². The summed E-state index contributed by atoms with van der Waals surface area (Å²) in [5, 5.41) is 0. The molecule has 12 heavy (non-hydrogen) atoms. The van der Waals surface area contributed by atoms with Gasteiger partial charge in [-0.3, -0.25) is 0 Å². The summed E-state index contributed by atoms with van der Waals surface area (Å²) in [4.78, 5) is 0. The third-order valence-corrected chi connectivity index (χ3v) is 3.15. The number of allylic oxidation sites excluding steroid dienone is 5. The van der Waals surface area contributed by atoms with Crippen molar-refractivity contribution in [2.75, 3.05) is 0 Å². The van der Waals surface area contributed by atoms with Gasteiger partial charge in [-0.1, -0.05) is 32.1 Å². The lowest BCUT2D eigenvalue weighted by Crippen LogP contribution is -2.07. The molecule has 1 atom stereocenters. The van der Waals surface area contributed by atoms with Crippen LogP contribution in [-0.4, -0.2) is 0 Å². The molecule has 64 valence electrons. The highest BCUT2D eigenvalue weighted by Crippen LogP contribution is 2.38. The van der Waals surface area contributed by atoms with E-state index in [4.69, 9.17) is 0 Å². The first-order valence-electron chi connectivity index (χ1n) is 4.90. The second-order valence-electron chi connectivity index (χ2n) is 3.88. The zero-order valence-corrected chi connectivity index (χ0v) is 7.77. The Morgan fingerprint density at radius 1 is 1.50 bits per heavy atom. The van der Waals surface area contributed by atoms with Gasteiger partial charge >= 0.3 is 0 Å². The third-order valence-electron chi connectivity index (χ3n) is 3.15. The van der Waals surface area contributed by atoms with Crippen LogP contribution in [-0.2, 0) is 0 Å². The van der Waals surface area contributed by atoms with E-state index in [0.29, 0.717) is 0 Å². The SMILES string of the molecule is C=C1C=CC2=C1CCC(CC)C2. The van der Waals surface area contributed by atoms with Crippen LogP contribution in [0.2, 0.25) is 0 Å². The van der Waals surface area contributed by atoms with Crippen molar-refractivity contribution in [3.05, 3.63) is 35.5 Å². The van der Waals surface area contributed by atoms with Gasteiger partial charge in [0.1, 0.15) is 0 Å². The minimum absolute atomic E-state index is 0.930. The van der Waals surface area contributed by atoms with Crippen molar-refractivity contribution < 1.29 is 0 Å². The first-order chi connectivity index (χ1) is 5.81. The summed E-state index contributed by atoms with van der Waals surface area (Å²) in [6.07, 6.45) is 9.69. The number of rotatable bonds is 1. The standard InChI is InChI=1S/C12H16/c1-3-10-5-7-12-9(2)4-6-11(12)8-10/h4,6,10H,2-3,5,7-8H2,1H3. The molecule has 0 aromatic carbocycles. The third kappa shape index (κ3) is 1.16. The molecule has 0 aliphatic heterocycles. The van der Waals surface area contributed by atoms with E-state index in [1.54, 1.807) is 11.1 Å². The van der Waals surface area contributed by atoms with E-state index in [1.807, 2.05) is 0 Å². The fraction of sp³-hybridized carbons (Fsp3) is 0.500. The highest BCUT2D eigenvalue weighted by molar-refractivity contribution is 5.53. The number of hydrogen-bond donors (Lipinski definition) is 0. The van der Waals surface area contributed by atoms with Crippen LogP contribution in [0.25, 0.3) is 0 Å². The monoisotopic (exact) mass is 160 g/mol. The molecule has 2 rings (SSSR count). The quantitative estimate of drug-likeness (QED) is 0.549. The van der Waals surface area contributed by atoms with Gasteiger partial charge in [0, 0.05) is 0 Å². The molecule has 0 amide bonds. The summed E-state index contributed by atoms with van der Waals surface area (Å²) in [5.41, 5.74) is 4.37. The van der Waals surface area contributed by atoms with E-state index in [1.165, 1.54) is 31.3 Å². The Bertz CT molecular complexity index is 266. The molecule has 0 heterocycles. The van der Waals surface area contributed by atoms with E-state index in [2.05, 4.69) is 25.7 Å². The van der Waals surface area contributed by atoms with Gasteiger partial charge in [-0.2, -0.15) is 0 Å². The molecule has 0 saturated heterocycles. The van der Waals surface area contributed by atoms with Crippen molar-refractivity contribution in [2.45, 2.75) is 32.6 Å². The summed E-state index contributed by atoms with van der Waals surface area (Å²) in [7, 11) is 0. The Morgan fingerprint density at radius 2 is 2.33 bits per heavy atom. The lowest BCUT2D eigenvalue weighted by Gasteiger charge is -2.22. The van der Waals surface area contributed by atoms with Crippen LogP contribution in [0, 0.1) is 5.92 Å². The minimum atomic E-state index is 0.930. The predicted molar refractivity (Wildman–Crippen MR) is 52.9 cm³/mol. The molecule has 1 unspecified atom stereocenters. The molecule has 0 spiro atoms. The average molecular weight is 160 g/mol. The zero-order chi connectivity index (χ0) is 8.55. The first-order valence-corrected chi connectivity index (χ1v) is 4.90. The molecule has 0 saturated carbocycles. The molecule has 2 aliphatic rings. The molecule has 0 aromatic rings. The number of hydrogen-bond acceptors (Lipinski definition) is 0. The van der Waals surface area contributed by atoms with E-state index in [0.717, 1.165) is 5.92 Å². The van der Waals surface area contributed by atoms with Crippen molar-refractivity contribution in [2.24, 2.45) is 5.92 Å². The Hall–Kier alpha value is -0.780. The van der Waals surface area contributed by atoms with Gasteiger partial charge in [0.2, 0.25) is 0 Å². The fourth-order valence-corrected chi connectivity index (χ4v) is 2.23. The fourth-order valence-electron chi connectivity index (χ4n) is 2.23. The normalized spacial score (nSPS) is 28.1. The topological polar surface area (TPSA) is 0 Å². The molecule has 0 radical (unpaired) electrons. The van der Waals surface area contributed by atoms with Crippen LogP contribution in [0.5, 0.6) is 0 Å². The molecule has 0 fully saturated rings. The van der Waals surface area contributed by atoms with Crippen molar-refractivity contribution in [3.63, 3.8) is 0 Å². The second kappa shape index (κ2) is 2.93. The smallest absolute Gasteiger partial charge is 0.0247 e. The lowest BCUT2D eigenvalue weighted by atomic mass is 9.83. The van der Waals surface area contributed by atoms with Gasteiger partial charge < -0.3 is 0 Å². The zero-order valence-electron chi connectivity index (χ0n) is 7.77. The molecular formula is C12H16. The van der Waals surface area contributed by atoms with E-state index in [9.17, 15) is 0 Å². The van der Waals surface area contributed by atoms with Gasteiger partial charge in [-0.15, -0.1) is 0 Å². The van der Waals surface area contributed by atoms with Crippen molar-refractivity contribution in [3.8, 4) is 0 Å². The van der Waals surface area contributed by atoms with E-state index < -0.39 is 0 Å². The van der Waals surface area contributed by atoms with Crippen LogP contribution < -0.4 is 0 Å². The van der Waals surface area contributed by atoms with Crippen LogP contribution >= 0.6 is 0 Å². The largest absolute Gasteiger partial charge is 0.0915 e. The van der Waals surface area contributed by atoms with Crippen molar-refractivity contribution in [1.29, 1.82) is 0 Å². The summed E-state index contributed by atoms with van der Waals surface area (Å²) in [6, 6.07) is 0. The average Bonchev–Trinajstić information content (AvgIpc) is 2.47. The molecule has 0 heteroatoms. The Balaban J connectivity index is 2.19. The van der Waals surface area contributed by atoms with Crippen molar-refractivity contribution in [1.82, 2.24) is 0 Å². The van der Waals surface area contributed by atoms with Crippen LogP contribution in [0.3, 0.4) is 0 Å². The Kier molecular flexibility index (Phi) is 1.92. The second-order valence-corrected chi connectivity index (χ2v) is 3.88. The van der Waals surface area contributed by atoms with E-state index >= 15 is 0 Å². The predicted octanol–water partition coefficient (Wildman–Crippen LogP) is 3.62. The molecule has 0 aromatic heterocycles. The molecule has 0 bridgehead atoms. The molecule has 2 aliphatic carbocycles.